The number of para-hydroxylation sites is 1. The predicted molar refractivity (Wildman–Crippen MR) is 156 cm³/mol. The van der Waals surface area contributed by atoms with Crippen LogP contribution in [0.3, 0.4) is 0 Å². The zero-order chi connectivity index (χ0) is 27.8. The number of rotatable bonds is 14. The Morgan fingerprint density at radius 3 is 2.41 bits per heavy atom. The number of nitrogens with zero attached hydrogens (tertiary/aromatic N) is 3. The van der Waals surface area contributed by atoms with E-state index in [0.29, 0.717) is 49.3 Å². The maximum Gasteiger partial charge on any atom is 0.260 e. The van der Waals surface area contributed by atoms with Gasteiger partial charge in [-0.1, -0.05) is 44.1 Å². The fourth-order valence-corrected chi connectivity index (χ4v) is 7.14. The fraction of sp³-hybridized carbons (Fsp3) is 0.517. The van der Waals surface area contributed by atoms with Crippen LogP contribution in [0.25, 0.3) is 10.2 Å². The molecule has 4 rings (SSSR count). The minimum Gasteiger partial charge on any atom is -0.492 e. The maximum absolute atomic E-state index is 13.8. The van der Waals surface area contributed by atoms with Gasteiger partial charge >= 0.3 is 0 Å². The van der Waals surface area contributed by atoms with Gasteiger partial charge in [0.2, 0.25) is 10.0 Å². The minimum absolute atomic E-state index is 0.0716. The summed E-state index contributed by atoms with van der Waals surface area (Å²) in [5.74, 6) is 0.451. The van der Waals surface area contributed by atoms with Crippen molar-refractivity contribution in [3.05, 3.63) is 48.0 Å². The summed E-state index contributed by atoms with van der Waals surface area (Å²) >= 11 is 1.43. The minimum atomic E-state index is -3.64. The van der Waals surface area contributed by atoms with Gasteiger partial charge in [-0.2, -0.15) is 4.31 Å². The molecule has 0 saturated carbocycles. The smallest absolute Gasteiger partial charge is 0.260 e. The number of carbonyl (C=O) groups excluding carboxylic acids is 1. The lowest BCUT2D eigenvalue weighted by atomic mass is 10.2. The highest BCUT2D eigenvalue weighted by molar-refractivity contribution is 7.89. The van der Waals surface area contributed by atoms with E-state index in [0.717, 1.165) is 48.7 Å². The first-order valence-corrected chi connectivity index (χ1v) is 16.2. The summed E-state index contributed by atoms with van der Waals surface area (Å²) in [7, 11) is -3.64. The molecule has 0 N–H and O–H groups in total. The molecule has 0 radical (unpaired) electrons. The topological polar surface area (TPSA) is 89.0 Å². The second kappa shape index (κ2) is 13.7. The van der Waals surface area contributed by atoms with Gasteiger partial charge in [-0.15, -0.1) is 0 Å². The molecule has 10 heteroatoms. The highest BCUT2D eigenvalue weighted by atomic mass is 32.2. The van der Waals surface area contributed by atoms with Crippen LogP contribution >= 0.6 is 11.3 Å². The molecule has 1 aliphatic rings. The zero-order valence-corrected chi connectivity index (χ0v) is 24.7. The average molecular weight is 574 g/mol. The molecule has 1 unspecified atom stereocenters. The quantitative estimate of drug-likeness (QED) is 0.231. The number of hydrogen-bond donors (Lipinski definition) is 0. The molecule has 0 bridgehead atoms. The van der Waals surface area contributed by atoms with Gasteiger partial charge in [-0.3, -0.25) is 9.69 Å². The SMILES string of the molecule is CCCCN(CCCC)S(=O)(=O)c1ccc(C(=O)N(CC2CCCO2)c2nc3c(OCC)cccc3s2)cc1. The fourth-order valence-electron chi connectivity index (χ4n) is 4.63. The summed E-state index contributed by atoms with van der Waals surface area (Å²) < 4.78 is 40.9. The number of aromatic nitrogens is 1. The first-order valence-electron chi connectivity index (χ1n) is 13.9. The van der Waals surface area contributed by atoms with Crippen molar-refractivity contribution in [1.29, 1.82) is 0 Å². The summed E-state index contributed by atoms with van der Waals surface area (Å²) in [5, 5.41) is 0.569. The largest absolute Gasteiger partial charge is 0.492 e. The Bertz CT molecular complexity index is 1330. The van der Waals surface area contributed by atoms with Crippen LogP contribution in [0, 0.1) is 0 Å². The lowest BCUT2D eigenvalue weighted by Gasteiger charge is -2.24. The van der Waals surface area contributed by atoms with E-state index in [4.69, 9.17) is 14.5 Å². The van der Waals surface area contributed by atoms with E-state index >= 15 is 0 Å². The number of anilines is 1. The molecule has 1 atom stereocenters. The van der Waals surface area contributed by atoms with E-state index in [9.17, 15) is 13.2 Å². The van der Waals surface area contributed by atoms with Crippen LogP contribution in [0.2, 0.25) is 0 Å². The standard InChI is InChI=1S/C29H39N3O5S2/c1-4-7-18-31(19-8-5-2)39(34,35)24-16-14-22(15-17-24)28(33)32(21-23-11-10-20-37-23)29-30-27-25(36-6-3)12-9-13-26(27)38-29/h9,12-17,23H,4-8,10-11,18-21H2,1-3H3. The van der Waals surface area contributed by atoms with Crippen molar-refractivity contribution in [3.8, 4) is 5.75 Å². The molecule has 0 spiro atoms. The maximum atomic E-state index is 13.8. The molecule has 1 aromatic heterocycles. The molecule has 1 saturated heterocycles. The van der Waals surface area contributed by atoms with Gasteiger partial charge in [0, 0.05) is 25.3 Å². The molecule has 8 nitrogen and oxygen atoms in total. The van der Waals surface area contributed by atoms with Gasteiger partial charge in [0.05, 0.1) is 28.9 Å². The van der Waals surface area contributed by atoms with Crippen LogP contribution in [-0.4, -0.2) is 62.6 Å². The van der Waals surface area contributed by atoms with E-state index in [1.165, 1.54) is 11.3 Å². The first kappa shape index (κ1) is 29.5. The summed E-state index contributed by atoms with van der Waals surface area (Å²) in [6.45, 7) is 8.60. The Morgan fingerprint density at radius 2 is 1.79 bits per heavy atom. The lowest BCUT2D eigenvalue weighted by molar-refractivity contribution is 0.0917. The number of carbonyl (C=O) groups is 1. The molecule has 39 heavy (non-hydrogen) atoms. The van der Waals surface area contributed by atoms with Crippen LogP contribution in [0.5, 0.6) is 5.75 Å². The summed E-state index contributed by atoms with van der Waals surface area (Å²) in [5.41, 5.74) is 1.13. The molecule has 0 aliphatic carbocycles. The van der Waals surface area contributed by atoms with E-state index in [2.05, 4.69) is 13.8 Å². The van der Waals surface area contributed by atoms with Crippen molar-refractivity contribution < 1.29 is 22.7 Å². The molecule has 212 valence electrons. The van der Waals surface area contributed by atoms with Crippen LogP contribution in [0.4, 0.5) is 5.13 Å². The highest BCUT2D eigenvalue weighted by Crippen LogP contribution is 2.35. The van der Waals surface area contributed by atoms with Gasteiger partial charge < -0.3 is 9.47 Å². The van der Waals surface area contributed by atoms with Crippen molar-refractivity contribution in [2.24, 2.45) is 0 Å². The first-order chi connectivity index (χ1) is 18.9. The number of thiazole rings is 1. The van der Waals surface area contributed by atoms with Crippen molar-refractivity contribution >= 4 is 42.6 Å². The van der Waals surface area contributed by atoms with Crippen molar-refractivity contribution in [3.63, 3.8) is 0 Å². The molecular weight excluding hydrogens is 534 g/mol. The predicted octanol–water partition coefficient (Wildman–Crippen LogP) is 6.11. The van der Waals surface area contributed by atoms with Crippen molar-refractivity contribution in [2.45, 2.75) is 70.3 Å². The Hall–Kier alpha value is -2.53. The number of hydrogen-bond acceptors (Lipinski definition) is 7. The molecule has 2 heterocycles. The summed E-state index contributed by atoms with van der Waals surface area (Å²) in [6.07, 6.45) is 5.23. The Morgan fingerprint density at radius 1 is 1.08 bits per heavy atom. The van der Waals surface area contributed by atoms with E-state index in [1.807, 2.05) is 25.1 Å². The van der Waals surface area contributed by atoms with E-state index < -0.39 is 10.0 Å². The molecule has 1 fully saturated rings. The number of ether oxygens (including phenoxy) is 2. The van der Waals surface area contributed by atoms with Gasteiger partial charge in [0.1, 0.15) is 11.3 Å². The number of sulfonamides is 1. The van der Waals surface area contributed by atoms with Gasteiger partial charge in [-0.25, -0.2) is 13.4 Å². The molecule has 1 aliphatic heterocycles. The monoisotopic (exact) mass is 573 g/mol. The van der Waals surface area contributed by atoms with E-state index in [-0.39, 0.29) is 16.9 Å². The van der Waals surface area contributed by atoms with Crippen molar-refractivity contribution in [1.82, 2.24) is 9.29 Å². The normalized spacial score (nSPS) is 15.7. The number of unbranched alkanes of at least 4 members (excludes halogenated alkanes) is 2. The van der Waals surface area contributed by atoms with Gasteiger partial charge in [0.25, 0.3) is 5.91 Å². The molecule has 1 amide bonds. The summed E-state index contributed by atoms with van der Waals surface area (Å²) in [6, 6.07) is 12.1. The van der Waals surface area contributed by atoms with Crippen LogP contribution in [0.15, 0.2) is 47.4 Å². The van der Waals surface area contributed by atoms with Gasteiger partial charge in [0.15, 0.2) is 5.13 Å². The van der Waals surface area contributed by atoms with Crippen LogP contribution < -0.4 is 9.64 Å². The molecule has 2 aromatic carbocycles. The Balaban J connectivity index is 1.63. The van der Waals surface area contributed by atoms with Gasteiger partial charge in [-0.05, 0) is 69.0 Å². The van der Waals surface area contributed by atoms with E-state index in [1.54, 1.807) is 33.5 Å². The number of amides is 1. The zero-order valence-electron chi connectivity index (χ0n) is 23.1. The average Bonchev–Trinajstić information content (AvgIpc) is 3.62. The van der Waals surface area contributed by atoms with Crippen molar-refractivity contribution in [2.75, 3.05) is 37.7 Å². The summed E-state index contributed by atoms with van der Waals surface area (Å²) in [4.78, 5) is 20.5. The number of fused-ring (bicyclic) bond motifs is 1. The third-order valence-electron chi connectivity index (χ3n) is 6.82. The van der Waals surface area contributed by atoms with Crippen LogP contribution in [-0.2, 0) is 14.8 Å². The molecule has 3 aromatic rings. The van der Waals surface area contributed by atoms with Crippen LogP contribution in [0.1, 0.15) is 69.7 Å². The third kappa shape index (κ3) is 6.98. The molecular formula is C29H39N3O5S2. The second-order valence-corrected chi connectivity index (χ2v) is 12.7. The second-order valence-electron chi connectivity index (χ2n) is 9.72. The third-order valence-corrected chi connectivity index (χ3v) is 9.77. The Kier molecular flexibility index (Phi) is 10.3. The Labute approximate surface area is 236 Å². The number of benzene rings is 2. The lowest BCUT2D eigenvalue weighted by Crippen LogP contribution is -2.37. The highest BCUT2D eigenvalue weighted by Gasteiger charge is 2.29.